The van der Waals surface area contributed by atoms with Gasteiger partial charge in [0.15, 0.2) is 0 Å². The van der Waals surface area contributed by atoms with Gasteiger partial charge in [0.25, 0.3) is 5.91 Å². The Labute approximate surface area is 179 Å². The summed E-state index contributed by atoms with van der Waals surface area (Å²) in [6, 6.07) is 11.2. The monoisotopic (exact) mass is 441 g/mol. The Hall–Kier alpha value is -4.01. The largest absolute Gasteiger partial charge is 0.507 e. The second-order valence-corrected chi connectivity index (χ2v) is 6.96. The zero-order chi connectivity index (χ0) is 22.9. The van der Waals surface area contributed by atoms with E-state index in [1.807, 2.05) is 0 Å². The number of alkyl halides is 3. The Bertz CT molecular complexity index is 1290. The van der Waals surface area contributed by atoms with Crippen LogP contribution in [-0.2, 0) is 6.18 Å². The maximum absolute atomic E-state index is 14.5. The smallest absolute Gasteiger partial charge is 0.416 e. The lowest BCUT2D eigenvalue weighted by atomic mass is 10.00. The van der Waals surface area contributed by atoms with Gasteiger partial charge < -0.3 is 10.4 Å². The Kier molecular flexibility index (Phi) is 5.48. The van der Waals surface area contributed by atoms with Gasteiger partial charge in [-0.3, -0.25) is 14.8 Å². The van der Waals surface area contributed by atoms with E-state index >= 15 is 0 Å². The van der Waals surface area contributed by atoms with Crippen molar-refractivity contribution in [1.29, 1.82) is 0 Å². The molecule has 0 fully saturated rings. The summed E-state index contributed by atoms with van der Waals surface area (Å²) in [5.74, 6) is -1.43. The summed E-state index contributed by atoms with van der Waals surface area (Å²) in [5, 5.41) is 13.0. The van der Waals surface area contributed by atoms with E-state index in [4.69, 9.17) is 0 Å². The van der Waals surface area contributed by atoms with Gasteiger partial charge in [0, 0.05) is 23.3 Å². The molecule has 1 atom stereocenters. The van der Waals surface area contributed by atoms with Gasteiger partial charge in [-0.25, -0.2) is 4.39 Å². The molecule has 0 radical (unpaired) electrons. The summed E-state index contributed by atoms with van der Waals surface area (Å²) in [6.07, 6.45) is -1.79. The molecular weight excluding hydrogens is 426 g/mol. The number of pyridine rings is 2. The molecule has 5 nitrogen and oxygen atoms in total. The molecule has 0 aliphatic rings. The van der Waals surface area contributed by atoms with Gasteiger partial charge >= 0.3 is 6.18 Å². The van der Waals surface area contributed by atoms with Crippen molar-refractivity contribution in [2.75, 3.05) is 0 Å². The number of benzene rings is 2. The molecular formula is C23H15F4N3O2. The molecule has 32 heavy (non-hydrogen) atoms. The number of aromatic nitrogens is 2. The second kappa shape index (κ2) is 8.26. The van der Waals surface area contributed by atoms with E-state index < -0.39 is 29.5 Å². The number of nitrogens with one attached hydrogen (secondary N) is 1. The summed E-state index contributed by atoms with van der Waals surface area (Å²) >= 11 is 0. The highest BCUT2D eigenvalue weighted by atomic mass is 19.4. The van der Waals surface area contributed by atoms with Crippen molar-refractivity contribution in [2.45, 2.75) is 12.2 Å². The number of nitrogens with zero attached hydrogens (tertiary/aromatic N) is 2. The number of halogens is 4. The predicted molar refractivity (Wildman–Crippen MR) is 108 cm³/mol. The minimum absolute atomic E-state index is 0.0697. The second-order valence-electron chi connectivity index (χ2n) is 6.96. The fraction of sp³-hybridized carbons (Fsp3) is 0.0870. The van der Waals surface area contributed by atoms with Gasteiger partial charge in [-0.15, -0.1) is 0 Å². The first-order valence-corrected chi connectivity index (χ1v) is 9.40. The maximum atomic E-state index is 14.5. The van der Waals surface area contributed by atoms with Gasteiger partial charge in [-0.1, -0.05) is 12.1 Å². The van der Waals surface area contributed by atoms with Gasteiger partial charge in [0.2, 0.25) is 0 Å². The molecule has 4 rings (SSSR count). The van der Waals surface area contributed by atoms with Gasteiger partial charge in [-0.05, 0) is 54.1 Å². The van der Waals surface area contributed by atoms with Crippen molar-refractivity contribution in [3.05, 3.63) is 101 Å². The number of hydrogen-bond acceptors (Lipinski definition) is 4. The molecule has 0 saturated carbocycles. The van der Waals surface area contributed by atoms with E-state index in [1.54, 1.807) is 6.07 Å². The van der Waals surface area contributed by atoms with Crippen molar-refractivity contribution < 1.29 is 27.5 Å². The zero-order valence-corrected chi connectivity index (χ0v) is 16.3. The number of rotatable bonds is 4. The molecule has 0 aliphatic heterocycles. The Morgan fingerprint density at radius 3 is 2.41 bits per heavy atom. The van der Waals surface area contributed by atoms with Gasteiger partial charge in [0.1, 0.15) is 17.3 Å². The maximum Gasteiger partial charge on any atom is 0.416 e. The van der Waals surface area contributed by atoms with Gasteiger partial charge in [-0.2, -0.15) is 13.2 Å². The first kappa shape index (κ1) is 21.2. The Balaban J connectivity index is 1.72. The molecule has 2 heterocycles. The van der Waals surface area contributed by atoms with Crippen molar-refractivity contribution in [3.8, 4) is 5.75 Å². The third-order valence-electron chi connectivity index (χ3n) is 4.89. The van der Waals surface area contributed by atoms with E-state index in [2.05, 4.69) is 15.3 Å². The number of aromatic hydroxyl groups is 1. The lowest BCUT2D eigenvalue weighted by Gasteiger charge is -2.20. The summed E-state index contributed by atoms with van der Waals surface area (Å²) in [7, 11) is 0. The highest BCUT2D eigenvalue weighted by molar-refractivity contribution is 5.99. The number of amides is 1. The number of hydrogen-bond donors (Lipinski definition) is 2. The predicted octanol–water partition coefficient (Wildman–Crippen LogP) is 5.01. The molecule has 0 saturated heterocycles. The van der Waals surface area contributed by atoms with Crippen LogP contribution in [0.4, 0.5) is 17.6 Å². The molecule has 162 valence electrons. The lowest BCUT2D eigenvalue weighted by molar-refractivity contribution is -0.137. The number of fused-ring (bicyclic) bond motifs is 1. The van der Waals surface area contributed by atoms with Crippen LogP contribution in [0, 0.1) is 5.82 Å². The van der Waals surface area contributed by atoms with Crippen LogP contribution in [0.2, 0.25) is 0 Å². The molecule has 1 amide bonds. The number of carbonyl (C=O) groups excluding carboxylic acids is 1. The molecule has 0 bridgehead atoms. The van der Waals surface area contributed by atoms with Crippen molar-refractivity contribution in [3.63, 3.8) is 0 Å². The Morgan fingerprint density at radius 1 is 0.969 bits per heavy atom. The van der Waals surface area contributed by atoms with E-state index in [0.29, 0.717) is 10.9 Å². The van der Waals surface area contributed by atoms with Gasteiger partial charge in [0.05, 0.1) is 17.1 Å². The lowest BCUT2D eigenvalue weighted by Crippen LogP contribution is -2.30. The fourth-order valence-electron chi connectivity index (χ4n) is 3.27. The summed E-state index contributed by atoms with van der Waals surface area (Å²) < 4.78 is 53.3. The first-order valence-electron chi connectivity index (χ1n) is 9.40. The quantitative estimate of drug-likeness (QED) is 0.437. The standard InChI is InChI=1S/C23H15F4N3O2/c24-17-2-1-10-29-21(17)20(13-3-6-15(7-4-13)23(25,26)27)30-22(32)14-5-8-18-16(12-14)19(31)9-11-28-18/h1-12,20H,(H,28,31)(H,30,32)/t20-/m0/s1. The van der Waals surface area contributed by atoms with Crippen LogP contribution in [-0.4, -0.2) is 21.0 Å². The highest BCUT2D eigenvalue weighted by Crippen LogP contribution is 2.31. The van der Waals surface area contributed by atoms with Crippen molar-refractivity contribution >= 4 is 16.8 Å². The third kappa shape index (κ3) is 4.22. The molecule has 0 unspecified atom stereocenters. The van der Waals surface area contributed by atoms with Crippen molar-refractivity contribution in [2.24, 2.45) is 0 Å². The SMILES string of the molecule is O=C(N[C@@H](c1ccc(C(F)(F)F)cc1)c1ncccc1F)c1ccc2nccc(O)c2c1. The van der Waals surface area contributed by atoms with Crippen LogP contribution in [0.25, 0.3) is 10.9 Å². The molecule has 0 aliphatic carbocycles. The first-order chi connectivity index (χ1) is 15.2. The van der Waals surface area contributed by atoms with Crippen LogP contribution < -0.4 is 5.32 Å². The number of carbonyl (C=O) groups is 1. The third-order valence-corrected chi connectivity index (χ3v) is 4.89. The molecule has 0 spiro atoms. The van der Waals surface area contributed by atoms with E-state index in [0.717, 1.165) is 30.3 Å². The average molecular weight is 441 g/mol. The van der Waals surface area contributed by atoms with Crippen LogP contribution in [0.5, 0.6) is 5.75 Å². The van der Waals surface area contributed by atoms with Crippen LogP contribution in [0.3, 0.4) is 0 Å². The summed E-state index contributed by atoms with van der Waals surface area (Å²) in [4.78, 5) is 21.0. The molecule has 9 heteroatoms. The Morgan fingerprint density at radius 2 is 1.72 bits per heavy atom. The molecule has 4 aromatic rings. The van der Waals surface area contributed by atoms with E-state index in [-0.39, 0.29) is 22.6 Å². The highest BCUT2D eigenvalue weighted by Gasteiger charge is 2.31. The van der Waals surface area contributed by atoms with Crippen molar-refractivity contribution in [1.82, 2.24) is 15.3 Å². The molecule has 2 N–H and O–H groups in total. The normalized spacial score (nSPS) is 12.5. The minimum atomic E-state index is -4.53. The van der Waals surface area contributed by atoms with Crippen LogP contribution in [0.1, 0.15) is 33.2 Å². The molecule has 2 aromatic carbocycles. The minimum Gasteiger partial charge on any atom is -0.507 e. The summed E-state index contributed by atoms with van der Waals surface area (Å²) in [6.45, 7) is 0. The summed E-state index contributed by atoms with van der Waals surface area (Å²) in [5.41, 5.74) is -0.184. The topological polar surface area (TPSA) is 75.1 Å². The fourth-order valence-corrected chi connectivity index (χ4v) is 3.27. The van der Waals surface area contributed by atoms with E-state index in [1.165, 1.54) is 36.7 Å². The van der Waals surface area contributed by atoms with Crippen LogP contribution in [0.15, 0.2) is 73.1 Å². The zero-order valence-electron chi connectivity index (χ0n) is 16.3. The molecule has 2 aromatic heterocycles. The average Bonchev–Trinajstić information content (AvgIpc) is 2.77. The van der Waals surface area contributed by atoms with E-state index in [9.17, 15) is 27.5 Å². The van der Waals surface area contributed by atoms with Crippen LogP contribution >= 0.6 is 0 Å².